The van der Waals surface area contributed by atoms with Crippen molar-refractivity contribution in [3.05, 3.63) is 59.2 Å². The van der Waals surface area contributed by atoms with Crippen molar-refractivity contribution in [3.63, 3.8) is 0 Å². The number of carbonyl (C=O) groups excluding carboxylic acids is 1. The van der Waals surface area contributed by atoms with Crippen LogP contribution in [0.5, 0.6) is 11.5 Å². The minimum absolute atomic E-state index is 0.176. The first-order valence-corrected chi connectivity index (χ1v) is 9.75. The molecule has 1 saturated heterocycles. The molecule has 30 heavy (non-hydrogen) atoms. The second-order valence-corrected chi connectivity index (χ2v) is 6.83. The first kappa shape index (κ1) is 22.0. The van der Waals surface area contributed by atoms with Gasteiger partial charge in [-0.05, 0) is 42.7 Å². The van der Waals surface area contributed by atoms with Crippen LogP contribution in [0.1, 0.15) is 34.3 Å². The van der Waals surface area contributed by atoms with Gasteiger partial charge in [-0.1, -0.05) is 18.2 Å². The van der Waals surface area contributed by atoms with E-state index in [1.165, 1.54) is 6.07 Å². The molecule has 8 heteroatoms. The molecule has 0 bridgehead atoms. The Balaban J connectivity index is 1.63. The summed E-state index contributed by atoms with van der Waals surface area (Å²) in [7, 11) is 1.54. The molecule has 2 atom stereocenters. The molecule has 1 aliphatic heterocycles. The van der Waals surface area contributed by atoms with Gasteiger partial charge in [-0.15, -0.1) is 0 Å². The molecule has 2 aromatic carbocycles. The molecule has 7 nitrogen and oxygen atoms in total. The van der Waals surface area contributed by atoms with E-state index < -0.39 is 19.1 Å². The summed E-state index contributed by atoms with van der Waals surface area (Å²) in [5.74, 6) is 0.387. The van der Waals surface area contributed by atoms with E-state index >= 15 is 0 Å². The van der Waals surface area contributed by atoms with Crippen LogP contribution in [0.3, 0.4) is 0 Å². The first-order chi connectivity index (χ1) is 14.6. The third-order valence-corrected chi connectivity index (χ3v) is 4.83. The molecule has 2 N–H and O–H groups in total. The number of rotatable bonds is 10. The number of benzene rings is 2. The summed E-state index contributed by atoms with van der Waals surface area (Å²) in [5.41, 5.74) is 1.80. The van der Waals surface area contributed by atoms with Crippen molar-refractivity contribution in [2.75, 3.05) is 20.6 Å². The molecule has 1 aliphatic rings. The van der Waals surface area contributed by atoms with Crippen molar-refractivity contribution in [2.24, 2.45) is 0 Å². The van der Waals surface area contributed by atoms with Crippen LogP contribution in [0.4, 0.5) is 4.39 Å². The maximum atomic E-state index is 12.5. The zero-order valence-corrected chi connectivity index (χ0v) is 16.8. The van der Waals surface area contributed by atoms with Gasteiger partial charge in [0.2, 0.25) is 6.86 Å². The highest BCUT2D eigenvalue weighted by Crippen LogP contribution is 2.23. The van der Waals surface area contributed by atoms with Gasteiger partial charge in [-0.3, -0.25) is 4.79 Å². The van der Waals surface area contributed by atoms with Gasteiger partial charge in [0.1, 0.15) is 17.6 Å². The lowest BCUT2D eigenvalue weighted by Gasteiger charge is -2.18. The predicted octanol–water partition coefficient (Wildman–Crippen LogP) is 2.95. The van der Waals surface area contributed by atoms with Crippen LogP contribution < -0.4 is 14.8 Å². The Morgan fingerprint density at radius 3 is 2.87 bits per heavy atom. The van der Waals surface area contributed by atoms with Crippen molar-refractivity contribution >= 4 is 5.91 Å². The van der Waals surface area contributed by atoms with Gasteiger partial charge in [0.05, 0.1) is 19.3 Å². The van der Waals surface area contributed by atoms with E-state index in [9.17, 15) is 14.3 Å². The maximum Gasteiger partial charge on any atom is 0.255 e. The lowest BCUT2D eigenvalue weighted by atomic mass is 10.1. The molecule has 0 aromatic heterocycles. The summed E-state index contributed by atoms with van der Waals surface area (Å²) < 4.78 is 33.7. The number of ether oxygens (including phenoxy) is 4. The number of hydrogen-bond acceptors (Lipinski definition) is 6. The number of para-hydroxylation sites is 1. The summed E-state index contributed by atoms with van der Waals surface area (Å²) in [5, 5.41) is 12.9. The molecule has 162 valence electrons. The van der Waals surface area contributed by atoms with Crippen LogP contribution in [-0.2, 0) is 22.6 Å². The van der Waals surface area contributed by atoms with Crippen molar-refractivity contribution < 1.29 is 33.2 Å². The quantitative estimate of drug-likeness (QED) is 0.576. The number of methoxy groups -OCH3 is 1. The maximum absolute atomic E-state index is 12.5. The zero-order chi connectivity index (χ0) is 21.3. The number of aliphatic hydroxyl groups excluding tert-OH is 1. The van der Waals surface area contributed by atoms with Gasteiger partial charge < -0.3 is 29.4 Å². The molecule has 0 radical (unpaired) electrons. The highest BCUT2D eigenvalue weighted by Gasteiger charge is 2.24. The number of carbonyl (C=O) groups is 1. The minimum atomic E-state index is -1.02. The average molecular weight is 419 g/mol. The van der Waals surface area contributed by atoms with Crippen molar-refractivity contribution in [3.8, 4) is 11.5 Å². The van der Waals surface area contributed by atoms with Crippen molar-refractivity contribution in [2.45, 2.75) is 38.4 Å². The highest BCUT2D eigenvalue weighted by atomic mass is 19.1. The third-order valence-electron chi connectivity index (χ3n) is 4.83. The largest absolute Gasteiger partial charge is 0.496 e. The standard InChI is InChI=1S/C22H26FNO6/c1-27-18-9-8-15(13-29-22(26)20-7-4-10-28-20)11-16(18)12-24-21(25)17-5-2-3-6-19(17)30-14-23/h2-3,5-6,8-9,11,20,22,26H,4,7,10,12-14H2,1H3,(H,24,25). The van der Waals surface area contributed by atoms with Crippen LogP contribution in [-0.4, -0.2) is 44.0 Å². The van der Waals surface area contributed by atoms with E-state index in [-0.39, 0.29) is 30.6 Å². The van der Waals surface area contributed by atoms with E-state index in [1.807, 2.05) is 12.1 Å². The normalized spacial score (nSPS) is 16.8. The van der Waals surface area contributed by atoms with Gasteiger partial charge in [0, 0.05) is 18.7 Å². The fourth-order valence-corrected chi connectivity index (χ4v) is 3.29. The lowest BCUT2D eigenvalue weighted by Crippen LogP contribution is -2.27. The number of amides is 1. The van der Waals surface area contributed by atoms with E-state index in [4.69, 9.17) is 18.9 Å². The summed E-state index contributed by atoms with van der Waals surface area (Å²) in [6.45, 7) is 0.00210. The van der Waals surface area contributed by atoms with E-state index in [2.05, 4.69) is 5.32 Å². The van der Waals surface area contributed by atoms with Crippen LogP contribution in [0.15, 0.2) is 42.5 Å². The van der Waals surface area contributed by atoms with Crippen molar-refractivity contribution in [1.82, 2.24) is 5.32 Å². The Morgan fingerprint density at radius 2 is 2.13 bits per heavy atom. The fourth-order valence-electron chi connectivity index (χ4n) is 3.29. The first-order valence-electron chi connectivity index (χ1n) is 9.75. The van der Waals surface area contributed by atoms with Crippen LogP contribution >= 0.6 is 0 Å². The molecule has 2 unspecified atom stereocenters. The Morgan fingerprint density at radius 1 is 1.30 bits per heavy atom. The summed E-state index contributed by atoms with van der Waals surface area (Å²) in [4.78, 5) is 12.5. The molecule has 0 saturated carbocycles. The Bertz CT molecular complexity index is 840. The summed E-state index contributed by atoms with van der Waals surface area (Å²) >= 11 is 0. The number of hydrogen-bond donors (Lipinski definition) is 2. The third kappa shape index (κ3) is 5.69. The number of halogens is 1. The lowest BCUT2D eigenvalue weighted by molar-refractivity contribution is -0.171. The molecular weight excluding hydrogens is 393 g/mol. The minimum Gasteiger partial charge on any atom is -0.496 e. The molecule has 0 spiro atoms. The average Bonchev–Trinajstić information content (AvgIpc) is 3.31. The fraction of sp³-hybridized carbons (Fsp3) is 0.409. The summed E-state index contributed by atoms with van der Waals surface area (Å²) in [6, 6.07) is 11.9. The van der Waals surface area contributed by atoms with Crippen molar-refractivity contribution in [1.29, 1.82) is 0 Å². The zero-order valence-electron chi connectivity index (χ0n) is 16.8. The SMILES string of the molecule is COc1ccc(COC(O)C2CCCO2)cc1CNC(=O)c1ccccc1OCF. The number of nitrogens with one attached hydrogen (secondary N) is 1. The second-order valence-electron chi connectivity index (χ2n) is 6.83. The highest BCUT2D eigenvalue weighted by molar-refractivity contribution is 5.96. The van der Waals surface area contributed by atoms with Gasteiger partial charge in [-0.2, -0.15) is 0 Å². The monoisotopic (exact) mass is 419 g/mol. The smallest absolute Gasteiger partial charge is 0.255 e. The van der Waals surface area contributed by atoms with E-state index in [0.717, 1.165) is 24.0 Å². The van der Waals surface area contributed by atoms with Gasteiger partial charge in [0.25, 0.3) is 5.91 Å². The van der Waals surface area contributed by atoms with Crippen LogP contribution in [0.25, 0.3) is 0 Å². The Kier molecular flexibility index (Phi) is 8.01. The Hall–Kier alpha value is -2.68. The second kappa shape index (κ2) is 10.9. The Labute approximate surface area is 174 Å². The van der Waals surface area contributed by atoms with Gasteiger partial charge in [-0.25, -0.2) is 4.39 Å². The van der Waals surface area contributed by atoms with Gasteiger partial charge in [0.15, 0.2) is 6.29 Å². The number of alkyl halides is 1. The number of aliphatic hydroxyl groups is 1. The van der Waals surface area contributed by atoms with E-state index in [0.29, 0.717) is 12.4 Å². The topological polar surface area (TPSA) is 86.3 Å². The molecule has 2 aromatic rings. The molecular formula is C22H26FNO6. The molecule has 3 rings (SSSR count). The predicted molar refractivity (Wildman–Crippen MR) is 107 cm³/mol. The van der Waals surface area contributed by atoms with Crippen LogP contribution in [0, 0.1) is 0 Å². The molecule has 1 heterocycles. The molecule has 1 fully saturated rings. The van der Waals surface area contributed by atoms with Crippen LogP contribution in [0.2, 0.25) is 0 Å². The molecule has 1 amide bonds. The van der Waals surface area contributed by atoms with E-state index in [1.54, 1.807) is 31.4 Å². The summed E-state index contributed by atoms with van der Waals surface area (Å²) in [6.07, 6.45) is 0.407. The van der Waals surface area contributed by atoms with Gasteiger partial charge >= 0.3 is 0 Å². The molecule has 0 aliphatic carbocycles.